The number of aryl methyl sites for hydroxylation is 1. The lowest BCUT2D eigenvalue weighted by atomic mass is 10.1. The molecule has 126 valence electrons. The van der Waals surface area contributed by atoms with Crippen molar-refractivity contribution >= 4 is 20.9 Å². The molecule has 0 atom stereocenters. The Labute approximate surface area is 139 Å². The number of fused-ring (bicyclic) bond motifs is 1. The molecule has 2 aromatic carbocycles. The van der Waals surface area contributed by atoms with E-state index in [9.17, 15) is 18.6 Å². The number of phenols is 2. The highest BCUT2D eigenvalue weighted by molar-refractivity contribution is 7.90. The third kappa shape index (κ3) is 2.20. The Kier molecular flexibility index (Phi) is 3.68. The van der Waals surface area contributed by atoms with Crippen molar-refractivity contribution in [2.24, 2.45) is 0 Å². The van der Waals surface area contributed by atoms with Crippen LogP contribution in [0.25, 0.3) is 10.9 Å². The van der Waals surface area contributed by atoms with E-state index in [1.807, 2.05) is 6.92 Å². The predicted octanol–water partition coefficient (Wildman–Crippen LogP) is 2.91. The molecule has 0 bridgehead atoms. The molecule has 0 amide bonds. The third-order valence-electron chi connectivity index (χ3n) is 4.02. The third-order valence-corrected chi connectivity index (χ3v) is 5.71. The van der Waals surface area contributed by atoms with Crippen LogP contribution in [0.3, 0.4) is 0 Å². The maximum atomic E-state index is 12.9. The lowest BCUT2D eigenvalue weighted by Crippen LogP contribution is -2.12. The first-order valence-electron chi connectivity index (χ1n) is 7.20. The molecule has 0 radical (unpaired) electrons. The van der Waals surface area contributed by atoms with Gasteiger partial charge in [0.25, 0.3) is 10.0 Å². The van der Waals surface area contributed by atoms with E-state index in [4.69, 9.17) is 4.74 Å². The van der Waals surface area contributed by atoms with E-state index >= 15 is 0 Å². The molecule has 1 aromatic heterocycles. The highest BCUT2D eigenvalue weighted by Crippen LogP contribution is 2.45. The second-order valence-electron chi connectivity index (χ2n) is 5.55. The van der Waals surface area contributed by atoms with Gasteiger partial charge in [-0.1, -0.05) is 17.7 Å². The van der Waals surface area contributed by atoms with Gasteiger partial charge in [0.1, 0.15) is 11.3 Å². The van der Waals surface area contributed by atoms with E-state index in [1.54, 1.807) is 19.1 Å². The van der Waals surface area contributed by atoms with Gasteiger partial charge in [0.15, 0.2) is 11.5 Å². The summed E-state index contributed by atoms with van der Waals surface area (Å²) >= 11 is 0. The number of hydrogen-bond donors (Lipinski definition) is 2. The number of nitrogens with zero attached hydrogens (tertiary/aromatic N) is 1. The Morgan fingerprint density at radius 1 is 1.00 bits per heavy atom. The molecular formula is C17H17NO5S. The molecular weight excluding hydrogens is 330 g/mol. The van der Waals surface area contributed by atoms with Crippen LogP contribution in [0.5, 0.6) is 17.2 Å². The van der Waals surface area contributed by atoms with Crippen LogP contribution in [0.15, 0.2) is 41.4 Å². The number of phenolic OH excluding ortho intramolecular Hbond substituents is 2. The number of hydrogen-bond acceptors (Lipinski definition) is 5. The molecule has 1 heterocycles. The van der Waals surface area contributed by atoms with Gasteiger partial charge in [-0.15, -0.1) is 0 Å². The minimum absolute atomic E-state index is 0.0180. The highest BCUT2D eigenvalue weighted by Gasteiger charge is 2.25. The Hall–Kier alpha value is -2.67. The maximum absolute atomic E-state index is 12.9. The number of ether oxygens (including phenoxy) is 1. The van der Waals surface area contributed by atoms with Crippen LogP contribution < -0.4 is 4.74 Å². The Morgan fingerprint density at radius 2 is 1.62 bits per heavy atom. The van der Waals surface area contributed by atoms with Crippen LogP contribution in [0.2, 0.25) is 0 Å². The van der Waals surface area contributed by atoms with E-state index in [2.05, 4.69) is 0 Å². The number of benzene rings is 2. The molecule has 0 aliphatic carbocycles. The minimum atomic E-state index is -3.93. The van der Waals surface area contributed by atoms with Crippen molar-refractivity contribution < 1.29 is 23.4 Å². The van der Waals surface area contributed by atoms with Crippen LogP contribution in [-0.2, 0) is 10.0 Å². The number of rotatable bonds is 3. The summed E-state index contributed by atoms with van der Waals surface area (Å²) in [4.78, 5) is 0.0871. The first-order valence-corrected chi connectivity index (χ1v) is 8.64. The molecule has 6 nitrogen and oxygen atoms in total. The molecule has 0 saturated heterocycles. The van der Waals surface area contributed by atoms with Crippen molar-refractivity contribution in [1.82, 2.24) is 3.97 Å². The lowest BCUT2D eigenvalue weighted by molar-refractivity contribution is 0.368. The van der Waals surface area contributed by atoms with Crippen LogP contribution in [0.1, 0.15) is 11.1 Å². The molecule has 2 N–H and O–H groups in total. The summed E-state index contributed by atoms with van der Waals surface area (Å²) in [5, 5.41) is 21.0. The molecule has 3 rings (SSSR count). The molecule has 3 aromatic rings. The quantitative estimate of drug-likeness (QED) is 0.711. The SMILES string of the molecule is COc1c(C)c(O)c2ccn(S(=O)(=O)c3ccc(C)cc3)c2c1O. The van der Waals surface area contributed by atoms with Crippen LogP contribution in [0.4, 0.5) is 0 Å². The van der Waals surface area contributed by atoms with Crippen LogP contribution >= 0.6 is 0 Å². The van der Waals surface area contributed by atoms with E-state index in [0.717, 1.165) is 9.54 Å². The molecule has 0 unspecified atom stereocenters. The van der Waals surface area contributed by atoms with Crippen molar-refractivity contribution in [3.8, 4) is 17.2 Å². The van der Waals surface area contributed by atoms with Gasteiger partial charge in [-0.05, 0) is 32.0 Å². The first kappa shape index (κ1) is 16.2. The van der Waals surface area contributed by atoms with Gasteiger partial charge >= 0.3 is 0 Å². The second-order valence-corrected chi connectivity index (χ2v) is 7.36. The summed E-state index contributed by atoms with van der Waals surface area (Å²) < 4.78 is 31.8. The Morgan fingerprint density at radius 3 is 2.21 bits per heavy atom. The minimum Gasteiger partial charge on any atom is -0.507 e. The van der Waals surface area contributed by atoms with Gasteiger partial charge in [0, 0.05) is 17.1 Å². The molecule has 0 aliphatic rings. The predicted molar refractivity (Wildman–Crippen MR) is 90.3 cm³/mol. The summed E-state index contributed by atoms with van der Waals surface area (Å²) in [6, 6.07) is 7.83. The molecule has 0 aliphatic heterocycles. The largest absolute Gasteiger partial charge is 0.507 e. The monoisotopic (exact) mass is 347 g/mol. The number of aromatic nitrogens is 1. The topological polar surface area (TPSA) is 88.8 Å². The summed E-state index contributed by atoms with van der Waals surface area (Å²) in [6.07, 6.45) is 1.30. The maximum Gasteiger partial charge on any atom is 0.268 e. The normalized spacial score (nSPS) is 11.8. The first-order chi connectivity index (χ1) is 11.3. The van der Waals surface area contributed by atoms with Gasteiger partial charge in [-0.3, -0.25) is 0 Å². The van der Waals surface area contributed by atoms with Crippen molar-refractivity contribution in [1.29, 1.82) is 0 Å². The zero-order chi connectivity index (χ0) is 17.6. The highest BCUT2D eigenvalue weighted by atomic mass is 32.2. The molecule has 0 spiro atoms. The van der Waals surface area contributed by atoms with E-state index in [-0.39, 0.29) is 33.0 Å². The average molecular weight is 347 g/mol. The van der Waals surface area contributed by atoms with Crippen LogP contribution in [-0.4, -0.2) is 29.7 Å². The van der Waals surface area contributed by atoms with E-state index < -0.39 is 10.0 Å². The fourth-order valence-corrected chi connectivity index (χ4v) is 4.06. The van der Waals surface area contributed by atoms with Crippen molar-refractivity contribution in [2.75, 3.05) is 7.11 Å². The van der Waals surface area contributed by atoms with Gasteiger partial charge in [-0.2, -0.15) is 0 Å². The fourth-order valence-electron chi connectivity index (χ4n) is 2.71. The average Bonchev–Trinajstić information content (AvgIpc) is 3.00. The van der Waals surface area contributed by atoms with Gasteiger partial charge in [0.05, 0.1) is 12.0 Å². The fraction of sp³-hybridized carbons (Fsp3) is 0.176. The number of aromatic hydroxyl groups is 2. The van der Waals surface area contributed by atoms with E-state index in [0.29, 0.717) is 5.56 Å². The number of methoxy groups -OCH3 is 1. The van der Waals surface area contributed by atoms with Crippen LogP contribution in [0, 0.1) is 13.8 Å². The second kappa shape index (κ2) is 5.45. The summed E-state index contributed by atoms with van der Waals surface area (Å²) in [5.41, 5.74) is 1.26. The molecule has 7 heteroatoms. The summed E-state index contributed by atoms with van der Waals surface area (Å²) in [7, 11) is -2.58. The zero-order valence-corrected chi connectivity index (χ0v) is 14.3. The van der Waals surface area contributed by atoms with E-state index in [1.165, 1.54) is 31.5 Å². The lowest BCUT2D eigenvalue weighted by Gasteiger charge is -2.13. The van der Waals surface area contributed by atoms with Gasteiger partial charge in [-0.25, -0.2) is 12.4 Å². The Balaban J connectivity index is 2.35. The molecule has 0 saturated carbocycles. The van der Waals surface area contributed by atoms with Crippen molar-refractivity contribution in [3.63, 3.8) is 0 Å². The van der Waals surface area contributed by atoms with Gasteiger partial charge < -0.3 is 14.9 Å². The zero-order valence-electron chi connectivity index (χ0n) is 13.4. The smallest absolute Gasteiger partial charge is 0.268 e. The molecule has 24 heavy (non-hydrogen) atoms. The van der Waals surface area contributed by atoms with Gasteiger partial charge in [0.2, 0.25) is 0 Å². The Bertz CT molecular complexity index is 1030. The molecule has 0 fully saturated rings. The summed E-state index contributed by atoms with van der Waals surface area (Å²) in [5.74, 6) is -0.417. The van der Waals surface area contributed by atoms with Crippen molar-refractivity contribution in [3.05, 3.63) is 47.7 Å². The standard InChI is InChI=1S/C17H17NO5S/c1-10-4-6-12(7-5-10)24(21,22)18-9-8-13-14(18)16(20)17(23-3)11(2)15(13)19/h4-9,19-20H,1-3H3. The van der Waals surface area contributed by atoms with Crippen molar-refractivity contribution in [2.45, 2.75) is 18.7 Å². The summed E-state index contributed by atoms with van der Waals surface area (Å²) in [6.45, 7) is 3.44.